The lowest BCUT2D eigenvalue weighted by molar-refractivity contribution is -0.0847. The molecule has 3 rings (SSSR count). The molecule has 1 aliphatic heterocycles. The van der Waals surface area contributed by atoms with Crippen LogP contribution in [0.25, 0.3) is 11.2 Å². The average Bonchev–Trinajstić information content (AvgIpc) is 3.00. The molecule has 122 valence electrons. The Morgan fingerprint density at radius 3 is 2.83 bits per heavy atom. The molecular formula is C15H18N4O4. The van der Waals surface area contributed by atoms with Gasteiger partial charge < -0.3 is 20.1 Å². The van der Waals surface area contributed by atoms with Gasteiger partial charge in [-0.05, 0) is 20.8 Å². The molecule has 1 aliphatic rings. The van der Waals surface area contributed by atoms with Crippen LogP contribution < -0.4 is 0 Å². The van der Waals surface area contributed by atoms with E-state index in [1.807, 2.05) is 0 Å². The summed E-state index contributed by atoms with van der Waals surface area (Å²) >= 11 is 0. The summed E-state index contributed by atoms with van der Waals surface area (Å²) in [7, 11) is 0. The number of ether oxygens (including phenoxy) is 1. The molecule has 3 heterocycles. The largest absolute Gasteiger partial charge is 0.391 e. The lowest BCUT2D eigenvalue weighted by Gasteiger charge is -2.26. The highest BCUT2D eigenvalue weighted by atomic mass is 16.6. The molecule has 23 heavy (non-hydrogen) atoms. The zero-order valence-electron chi connectivity index (χ0n) is 13.0. The van der Waals surface area contributed by atoms with Crippen molar-refractivity contribution in [1.29, 1.82) is 0 Å². The quantitative estimate of drug-likeness (QED) is 0.641. The van der Waals surface area contributed by atoms with Crippen molar-refractivity contribution >= 4 is 11.2 Å². The van der Waals surface area contributed by atoms with Gasteiger partial charge in [0.15, 0.2) is 17.5 Å². The second-order valence-corrected chi connectivity index (χ2v) is 5.62. The van der Waals surface area contributed by atoms with Crippen LogP contribution in [0.3, 0.4) is 0 Å². The van der Waals surface area contributed by atoms with Crippen LogP contribution in [-0.4, -0.2) is 58.8 Å². The normalized spacial score (nSPS) is 31.8. The lowest BCUT2D eigenvalue weighted by Crippen LogP contribution is -2.47. The van der Waals surface area contributed by atoms with E-state index >= 15 is 0 Å². The van der Waals surface area contributed by atoms with Crippen molar-refractivity contribution in [3.8, 4) is 11.8 Å². The second-order valence-electron chi connectivity index (χ2n) is 5.62. The molecule has 0 bridgehead atoms. The standard InChI is InChI=1S/C15H18N4O4/c1-4-5-15(22)12(21)11(8(2)20)23-14(15)19-7-17-10-6-16-9(3)18-13(10)19/h6-8,11-12,14,20-22H,1-3H3/t8-,11+,12-,14+,15?/m0/s1. The molecule has 1 unspecified atom stereocenters. The summed E-state index contributed by atoms with van der Waals surface area (Å²) in [5, 5.41) is 31.1. The van der Waals surface area contributed by atoms with Gasteiger partial charge in [0.05, 0.1) is 18.6 Å². The van der Waals surface area contributed by atoms with Crippen LogP contribution in [0.15, 0.2) is 12.5 Å². The molecule has 0 aromatic carbocycles. The smallest absolute Gasteiger partial charge is 0.199 e. The minimum absolute atomic E-state index is 0.456. The molecule has 8 heteroatoms. The number of aryl methyl sites for hydroxylation is 1. The zero-order chi connectivity index (χ0) is 16.8. The van der Waals surface area contributed by atoms with E-state index in [2.05, 4.69) is 26.8 Å². The highest BCUT2D eigenvalue weighted by Gasteiger charge is 2.57. The first-order valence-corrected chi connectivity index (χ1v) is 7.22. The maximum absolute atomic E-state index is 10.9. The van der Waals surface area contributed by atoms with Crippen LogP contribution in [0.2, 0.25) is 0 Å². The van der Waals surface area contributed by atoms with Gasteiger partial charge >= 0.3 is 0 Å². The van der Waals surface area contributed by atoms with Crippen molar-refractivity contribution in [3.05, 3.63) is 18.3 Å². The zero-order valence-corrected chi connectivity index (χ0v) is 13.0. The van der Waals surface area contributed by atoms with Gasteiger partial charge in [-0.3, -0.25) is 4.57 Å². The third kappa shape index (κ3) is 2.38. The fourth-order valence-corrected chi connectivity index (χ4v) is 2.80. The van der Waals surface area contributed by atoms with Crippen LogP contribution in [-0.2, 0) is 4.74 Å². The highest BCUT2D eigenvalue weighted by Crippen LogP contribution is 2.40. The van der Waals surface area contributed by atoms with Gasteiger partial charge in [-0.25, -0.2) is 15.0 Å². The fraction of sp³-hybridized carbons (Fsp3) is 0.533. The third-order valence-corrected chi connectivity index (χ3v) is 3.91. The van der Waals surface area contributed by atoms with E-state index in [4.69, 9.17) is 4.74 Å². The molecule has 0 amide bonds. The van der Waals surface area contributed by atoms with E-state index < -0.39 is 30.1 Å². The summed E-state index contributed by atoms with van der Waals surface area (Å²) in [6, 6.07) is 0. The van der Waals surface area contributed by atoms with Gasteiger partial charge in [-0.15, -0.1) is 5.92 Å². The maximum atomic E-state index is 10.9. The van der Waals surface area contributed by atoms with Gasteiger partial charge in [-0.1, -0.05) is 5.92 Å². The Morgan fingerprint density at radius 1 is 1.43 bits per heavy atom. The molecule has 2 aromatic heterocycles. The summed E-state index contributed by atoms with van der Waals surface area (Å²) in [6.07, 6.45) is -1.37. The molecule has 3 N–H and O–H groups in total. The number of rotatable bonds is 2. The molecule has 0 saturated carbocycles. The number of imidazole rings is 1. The SMILES string of the molecule is CC#CC1(O)[C@@H](O)[C@@H]([C@H](C)O)O[C@H]1n1cnc2cnc(C)nc21. The molecule has 0 radical (unpaired) electrons. The summed E-state index contributed by atoms with van der Waals surface area (Å²) in [5.41, 5.74) is -0.902. The highest BCUT2D eigenvalue weighted by molar-refractivity contribution is 5.69. The first kappa shape index (κ1) is 15.8. The molecular weight excluding hydrogens is 300 g/mol. The number of fused-ring (bicyclic) bond motifs is 1. The van der Waals surface area contributed by atoms with Crippen molar-refractivity contribution in [2.45, 2.75) is 50.9 Å². The monoisotopic (exact) mass is 318 g/mol. The maximum Gasteiger partial charge on any atom is 0.199 e. The molecule has 1 saturated heterocycles. The summed E-state index contributed by atoms with van der Waals surface area (Å²) in [6.45, 7) is 4.77. The molecule has 0 spiro atoms. The third-order valence-electron chi connectivity index (χ3n) is 3.91. The molecule has 5 atom stereocenters. The van der Waals surface area contributed by atoms with Crippen LogP contribution in [0.4, 0.5) is 0 Å². The summed E-state index contributed by atoms with van der Waals surface area (Å²) < 4.78 is 7.21. The second kappa shape index (κ2) is 5.54. The van der Waals surface area contributed by atoms with Crippen molar-refractivity contribution in [1.82, 2.24) is 19.5 Å². The molecule has 0 aliphatic carbocycles. The predicted molar refractivity (Wildman–Crippen MR) is 80.1 cm³/mol. The Bertz CT molecular complexity index is 794. The van der Waals surface area contributed by atoms with E-state index in [1.165, 1.54) is 17.8 Å². The van der Waals surface area contributed by atoms with Crippen LogP contribution in [0, 0.1) is 18.8 Å². The van der Waals surface area contributed by atoms with Crippen molar-refractivity contribution < 1.29 is 20.1 Å². The van der Waals surface area contributed by atoms with Gasteiger partial charge in [0.1, 0.15) is 23.5 Å². The number of aliphatic hydroxyl groups is 3. The Balaban J connectivity index is 2.14. The van der Waals surface area contributed by atoms with Gasteiger partial charge in [0, 0.05) is 0 Å². The number of aliphatic hydroxyl groups excluding tert-OH is 2. The van der Waals surface area contributed by atoms with E-state index in [-0.39, 0.29) is 0 Å². The van der Waals surface area contributed by atoms with Crippen LogP contribution in [0.5, 0.6) is 0 Å². The average molecular weight is 318 g/mol. The Morgan fingerprint density at radius 2 is 2.17 bits per heavy atom. The van der Waals surface area contributed by atoms with Crippen LogP contribution >= 0.6 is 0 Å². The number of hydrogen-bond acceptors (Lipinski definition) is 7. The number of aromatic nitrogens is 4. The molecule has 1 fully saturated rings. The van der Waals surface area contributed by atoms with Crippen molar-refractivity contribution in [3.63, 3.8) is 0 Å². The van der Waals surface area contributed by atoms with Gasteiger partial charge in [0.25, 0.3) is 0 Å². The van der Waals surface area contributed by atoms with Crippen molar-refractivity contribution in [2.24, 2.45) is 0 Å². The van der Waals surface area contributed by atoms with Crippen LogP contribution in [0.1, 0.15) is 25.9 Å². The minimum atomic E-state index is -1.89. The predicted octanol–water partition coefficient (Wildman–Crippen LogP) is -0.472. The van der Waals surface area contributed by atoms with Gasteiger partial charge in [0.2, 0.25) is 0 Å². The molecule has 2 aromatic rings. The Hall–Kier alpha value is -2.05. The summed E-state index contributed by atoms with van der Waals surface area (Å²) in [5.74, 6) is 5.74. The van der Waals surface area contributed by atoms with Crippen molar-refractivity contribution in [2.75, 3.05) is 0 Å². The first-order valence-electron chi connectivity index (χ1n) is 7.22. The first-order chi connectivity index (χ1) is 10.9. The van der Waals surface area contributed by atoms with Gasteiger partial charge in [-0.2, -0.15) is 0 Å². The van der Waals surface area contributed by atoms with E-state index in [9.17, 15) is 15.3 Å². The Kier molecular flexibility index (Phi) is 3.82. The van der Waals surface area contributed by atoms with E-state index in [1.54, 1.807) is 20.0 Å². The number of nitrogens with zero attached hydrogens (tertiary/aromatic N) is 4. The van der Waals surface area contributed by atoms with E-state index in [0.29, 0.717) is 17.0 Å². The Labute approximate surface area is 132 Å². The topological polar surface area (TPSA) is 114 Å². The lowest BCUT2D eigenvalue weighted by atomic mass is 9.93. The molecule has 8 nitrogen and oxygen atoms in total. The fourth-order valence-electron chi connectivity index (χ4n) is 2.80. The summed E-state index contributed by atoms with van der Waals surface area (Å²) in [4.78, 5) is 12.6. The van der Waals surface area contributed by atoms with E-state index in [0.717, 1.165) is 0 Å². The minimum Gasteiger partial charge on any atom is -0.391 e. The number of hydrogen-bond donors (Lipinski definition) is 3.